The third kappa shape index (κ3) is 2.78. The highest BCUT2D eigenvalue weighted by molar-refractivity contribution is 5.93. The van der Waals surface area contributed by atoms with Gasteiger partial charge in [-0.3, -0.25) is 9.78 Å². The molecule has 0 aliphatic rings. The number of carbonyl (C=O) groups excluding carboxylic acids is 1. The molecule has 2 aromatic heterocycles. The summed E-state index contributed by atoms with van der Waals surface area (Å²) in [5.74, 6) is -0.144. The number of halogens is 1. The van der Waals surface area contributed by atoms with E-state index in [-0.39, 0.29) is 11.5 Å². The van der Waals surface area contributed by atoms with Crippen molar-refractivity contribution in [2.45, 2.75) is 20.4 Å². The molecule has 0 unspecified atom stereocenters. The first kappa shape index (κ1) is 13.2. The van der Waals surface area contributed by atoms with Gasteiger partial charge in [-0.1, -0.05) is 0 Å². The number of aryl methyl sites for hydroxylation is 1. The van der Waals surface area contributed by atoms with Crippen LogP contribution in [0.15, 0.2) is 18.5 Å². The second kappa shape index (κ2) is 5.17. The third-order valence-corrected chi connectivity index (χ3v) is 3.08. The van der Waals surface area contributed by atoms with Gasteiger partial charge in [-0.25, -0.2) is 9.37 Å². The largest absolute Gasteiger partial charge is 0.345 e. The van der Waals surface area contributed by atoms with Gasteiger partial charge in [0.1, 0.15) is 11.6 Å². The Morgan fingerprint density at radius 1 is 1.42 bits per heavy atom. The molecule has 2 rings (SSSR count). The molecule has 0 fully saturated rings. The third-order valence-electron chi connectivity index (χ3n) is 3.08. The van der Waals surface area contributed by atoms with E-state index < -0.39 is 5.82 Å². The SMILES string of the molecule is Cc1nc(CNC(=O)c2cncc(F)c2)n(C)c1C. The van der Waals surface area contributed by atoms with Gasteiger partial charge in [-0.15, -0.1) is 0 Å². The van der Waals surface area contributed by atoms with Crippen LogP contribution in [0, 0.1) is 19.7 Å². The lowest BCUT2D eigenvalue weighted by Crippen LogP contribution is -2.24. The molecule has 0 atom stereocenters. The molecule has 0 saturated carbocycles. The van der Waals surface area contributed by atoms with Gasteiger partial charge in [-0.05, 0) is 19.9 Å². The second-order valence-electron chi connectivity index (χ2n) is 4.33. The number of aromatic nitrogens is 3. The van der Waals surface area contributed by atoms with Crippen molar-refractivity contribution < 1.29 is 9.18 Å². The average molecular weight is 262 g/mol. The molecule has 0 saturated heterocycles. The fraction of sp³-hybridized carbons (Fsp3) is 0.308. The number of imidazole rings is 1. The Labute approximate surface area is 110 Å². The van der Waals surface area contributed by atoms with Gasteiger partial charge in [-0.2, -0.15) is 0 Å². The van der Waals surface area contributed by atoms with Crippen LogP contribution in [-0.4, -0.2) is 20.4 Å². The van der Waals surface area contributed by atoms with Crippen molar-refractivity contribution in [3.8, 4) is 0 Å². The van der Waals surface area contributed by atoms with Gasteiger partial charge >= 0.3 is 0 Å². The van der Waals surface area contributed by atoms with Gasteiger partial charge in [0.25, 0.3) is 5.91 Å². The van der Waals surface area contributed by atoms with Crippen LogP contribution in [0.2, 0.25) is 0 Å². The van der Waals surface area contributed by atoms with Gasteiger partial charge in [0, 0.05) is 18.9 Å². The zero-order chi connectivity index (χ0) is 14.0. The molecule has 0 aliphatic heterocycles. The van der Waals surface area contributed by atoms with Gasteiger partial charge < -0.3 is 9.88 Å². The number of nitrogens with one attached hydrogen (secondary N) is 1. The summed E-state index contributed by atoms with van der Waals surface area (Å²) >= 11 is 0. The zero-order valence-corrected chi connectivity index (χ0v) is 11.1. The highest BCUT2D eigenvalue weighted by Crippen LogP contribution is 2.08. The van der Waals surface area contributed by atoms with Crippen LogP contribution in [0.1, 0.15) is 27.6 Å². The topological polar surface area (TPSA) is 59.8 Å². The van der Waals surface area contributed by atoms with E-state index in [1.807, 2.05) is 25.5 Å². The lowest BCUT2D eigenvalue weighted by molar-refractivity contribution is 0.0948. The molecule has 2 heterocycles. The van der Waals surface area contributed by atoms with E-state index in [1.165, 1.54) is 6.20 Å². The normalized spacial score (nSPS) is 10.5. The summed E-state index contributed by atoms with van der Waals surface area (Å²) in [5, 5.41) is 2.69. The summed E-state index contributed by atoms with van der Waals surface area (Å²) in [6.07, 6.45) is 2.38. The van der Waals surface area contributed by atoms with Crippen LogP contribution in [0.3, 0.4) is 0 Å². The number of hydrogen-bond acceptors (Lipinski definition) is 3. The monoisotopic (exact) mass is 262 g/mol. The molecule has 1 amide bonds. The second-order valence-corrected chi connectivity index (χ2v) is 4.33. The number of rotatable bonds is 3. The van der Waals surface area contributed by atoms with Crippen LogP contribution >= 0.6 is 0 Å². The number of carbonyl (C=O) groups is 1. The predicted molar refractivity (Wildman–Crippen MR) is 68.0 cm³/mol. The minimum absolute atomic E-state index is 0.197. The number of amides is 1. The fourth-order valence-corrected chi connectivity index (χ4v) is 1.74. The predicted octanol–water partition coefficient (Wildman–Crippen LogP) is 1.50. The molecule has 100 valence electrons. The van der Waals surface area contributed by atoms with E-state index in [9.17, 15) is 9.18 Å². The van der Waals surface area contributed by atoms with Gasteiger partial charge in [0.05, 0.1) is 24.0 Å². The minimum Gasteiger partial charge on any atom is -0.345 e. The summed E-state index contributed by atoms with van der Waals surface area (Å²) in [7, 11) is 1.89. The maximum atomic E-state index is 13.0. The van der Waals surface area contributed by atoms with E-state index in [0.29, 0.717) is 6.54 Å². The Morgan fingerprint density at radius 2 is 2.16 bits per heavy atom. The van der Waals surface area contributed by atoms with Crippen molar-refractivity contribution in [3.05, 3.63) is 47.1 Å². The van der Waals surface area contributed by atoms with Crippen LogP contribution in [0.4, 0.5) is 4.39 Å². The fourth-order valence-electron chi connectivity index (χ4n) is 1.74. The molecule has 0 bridgehead atoms. The summed E-state index contributed by atoms with van der Waals surface area (Å²) in [4.78, 5) is 19.8. The van der Waals surface area contributed by atoms with E-state index >= 15 is 0 Å². The quantitative estimate of drug-likeness (QED) is 0.912. The molecule has 1 N–H and O–H groups in total. The van der Waals surface area contributed by atoms with E-state index in [0.717, 1.165) is 29.5 Å². The molecule has 5 nitrogen and oxygen atoms in total. The van der Waals surface area contributed by atoms with Crippen LogP contribution in [0.25, 0.3) is 0 Å². The van der Waals surface area contributed by atoms with E-state index in [2.05, 4.69) is 15.3 Å². The number of nitrogens with zero attached hydrogens (tertiary/aromatic N) is 3. The molecule has 6 heteroatoms. The Kier molecular flexibility index (Phi) is 3.59. The Hall–Kier alpha value is -2.24. The lowest BCUT2D eigenvalue weighted by Gasteiger charge is -2.06. The average Bonchev–Trinajstić information content (AvgIpc) is 2.63. The van der Waals surface area contributed by atoms with Gasteiger partial charge in [0.2, 0.25) is 0 Å². The molecule has 2 aromatic rings. The molecule has 0 radical (unpaired) electrons. The Bertz CT molecular complexity index is 621. The first-order chi connectivity index (χ1) is 8.99. The smallest absolute Gasteiger partial charge is 0.253 e. The van der Waals surface area contributed by atoms with Gasteiger partial charge in [0.15, 0.2) is 0 Å². The first-order valence-electron chi connectivity index (χ1n) is 5.86. The molecule has 0 aromatic carbocycles. The van der Waals surface area contributed by atoms with Crippen molar-refractivity contribution >= 4 is 5.91 Å². The lowest BCUT2D eigenvalue weighted by atomic mass is 10.2. The zero-order valence-electron chi connectivity index (χ0n) is 11.1. The van der Waals surface area contributed by atoms with Crippen molar-refractivity contribution in [1.29, 1.82) is 0 Å². The van der Waals surface area contributed by atoms with Crippen LogP contribution in [0.5, 0.6) is 0 Å². The van der Waals surface area contributed by atoms with E-state index in [4.69, 9.17) is 0 Å². The minimum atomic E-state index is -0.531. The van der Waals surface area contributed by atoms with Crippen molar-refractivity contribution in [1.82, 2.24) is 19.9 Å². The summed E-state index contributed by atoms with van der Waals surface area (Å²) < 4.78 is 14.9. The maximum absolute atomic E-state index is 13.0. The number of hydrogen-bond donors (Lipinski definition) is 1. The van der Waals surface area contributed by atoms with Crippen LogP contribution in [-0.2, 0) is 13.6 Å². The highest BCUT2D eigenvalue weighted by Gasteiger charge is 2.11. The summed E-state index contributed by atoms with van der Waals surface area (Å²) in [6.45, 7) is 4.17. The molecule has 0 aliphatic carbocycles. The van der Waals surface area contributed by atoms with E-state index in [1.54, 1.807) is 0 Å². The Morgan fingerprint density at radius 3 is 2.74 bits per heavy atom. The van der Waals surface area contributed by atoms with Crippen molar-refractivity contribution in [3.63, 3.8) is 0 Å². The molecular weight excluding hydrogens is 247 g/mol. The molecule has 19 heavy (non-hydrogen) atoms. The Balaban J connectivity index is 2.06. The number of pyridine rings is 1. The van der Waals surface area contributed by atoms with Crippen LogP contribution < -0.4 is 5.32 Å². The van der Waals surface area contributed by atoms with Crippen molar-refractivity contribution in [2.75, 3.05) is 0 Å². The summed E-state index contributed by atoms with van der Waals surface area (Å²) in [5.41, 5.74) is 2.18. The highest BCUT2D eigenvalue weighted by atomic mass is 19.1. The first-order valence-corrected chi connectivity index (χ1v) is 5.86. The summed E-state index contributed by atoms with van der Waals surface area (Å²) in [6, 6.07) is 1.15. The van der Waals surface area contributed by atoms with Crippen molar-refractivity contribution in [2.24, 2.45) is 7.05 Å². The molecule has 0 spiro atoms. The molecular formula is C13H15FN4O. The maximum Gasteiger partial charge on any atom is 0.253 e. The standard InChI is InChI=1S/C13H15FN4O/c1-8-9(2)18(3)12(17-8)7-16-13(19)10-4-11(14)6-15-5-10/h4-6H,7H2,1-3H3,(H,16,19).